The first kappa shape index (κ1) is 16.4. The molecule has 1 aromatic heterocycles. The van der Waals surface area contributed by atoms with Crippen LogP contribution in [0.15, 0.2) is 97.1 Å². The average Bonchev–Trinajstić information content (AvgIpc) is 3.12. The normalized spacial score (nSPS) is 11.8. The van der Waals surface area contributed by atoms with Gasteiger partial charge < -0.3 is 4.57 Å². The molecular formula is C28H21N. The zero-order valence-electron chi connectivity index (χ0n) is 16.4. The molecule has 0 saturated carbocycles. The fourth-order valence-corrected chi connectivity index (χ4v) is 4.91. The van der Waals surface area contributed by atoms with E-state index in [0.29, 0.717) is 0 Å². The van der Waals surface area contributed by atoms with Gasteiger partial charge in [-0.05, 0) is 46.3 Å². The Morgan fingerprint density at radius 3 is 2.14 bits per heavy atom. The van der Waals surface area contributed by atoms with Crippen LogP contribution in [0.2, 0.25) is 0 Å². The van der Waals surface area contributed by atoms with E-state index in [-0.39, 0.29) is 0 Å². The summed E-state index contributed by atoms with van der Waals surface area (Å²) in [5.41, 5.74) is 5.22. The van der Waals surface area contributed by atoms with E-state index < -0.39 is 0 Å². The van der Waals surface area contributed by atoms with Gasteiger partial charge in [0.15, 0.2) is 0 Å². The molecule has 0 spiro atoms. The van der Waals surface area contributed by atoms with Gasteiger partial charge in [-0.1, -0.05) is 84.9 Å². The van der Waals surface area contributed by atoms with Crippen LogP contribution in [-0.2, 0) is 6.54 Å². The highest BCUT2D eigenvalue weighted by Crippen LogP contribution is 2.41. The second kappa shape index (κ2) is 6.22. The third-order valence-corrected chi connectivity index (χ3v) is 6.15. The van der Waals surface area contributed by atoms with Crippen molar-refractivity contribution in [3.63, 3.8) is 0 Å². The molecule has 0 fully saturated rings. The van der Waals surface area contributed by atoms with Crippen LogP contribution in [0.4, 0.5) is 0 Å². The fraction of sp³-hybridized carbons (Fsp3) is 0.0714. The molecular weight excluding hydrogens is 350 g/mol. The molecule has 0 amide bonds. The van der Waals surface area contributed by atoms with Crippen molar-refractivity contribution in [3.8, 4) is 11.1 Å². The van der Waals surface area contributed by atoms with Crippen molar-refractivity contribution in [2.45, 2.75) is 13.5 Å². The number of benzene rings is 5. The highest BCUT2D eigenvalue weighted by Gasteiger charge is 2.16. The molecule has 0 aliphatic heterocycles. The van der Waals surface area contributed by atoms with Crippen molar-refractivity contribution in [2.75, 3.05) is 0 Å². The van der Waals surface area contributed by atoms with Crippen LogP contribution in [0.25, 0.3) is 54.5 Å². The molecule has 0 radical (unpaired) electrons. The van der Waals surface area contributed by atoms with Crippen LogP contribution in [0.1, 0.15) is 6.92 Å². The van der Waals surface area contributed by atoms with Crippen LogP contribution in [-0.4, -0.2) is 4.57 Å². The lowest BCUT2D eigenvalue weighted by Crippen LogP contribution is -1.95. The number of nitrogens with zero attached hydrogens (tertiary/aromatic N) is 1. The highest BCUT2D eigenvalue weighted by atomic mass is 15.0. The molecule has 0 saturated heterocycles. The van der Waals surface area contributed by atoms with Crippen molar-refractivity contribution in [1.82, 2.24) is 4.57 Å². The third kappa shape index (κ3) is 2.28. The summed E-state index contributed by atoms with van der Waals surface area (Å²) in [6.07, 6.45) is 0. The topological polar surface area (TPSA) is 4.93 Å². The van der Waals surface area contributed by atoms with Crippen molar-refractivity contribution >= 4 is 43.4 Å². The van der Waals surface area contributed by atoms with E-state index in [9.17, 15) is 0 Å². The minimum atomic E-state index is 0.951. The number of hydrogen-bond acceptors (Lipinski definition) is 0. The predicted molar refractivity (Wildman–Crippen MR) is 126 cm³/mol. The van der Waals surface area contributed by atoms with Gasteiger partial charge in [-0.15, -0.1) is 0 Å². The van der Waals surface area contributed by atoms with Crippen LogP contribution in [0.5, 0.6) is 0 Å². The molecule has 1 nitrogen and oxygen atoms in total. The summed E-state index contributed by atoms with van der Waals surface area (Å²) < 4.78 is 2.48. The number of aryl methyl sites for hydroxylation is 1. The van der Waals surface area contributed by atoms with Gasteiger partial charge in [0.05, 0.1) is 5.52 Å². The van der Waals surface area contributed by atoms with Gasteiger partial charge in [0.1, 0.15) is 0 Å². The number of aromatic nitrogens is 1. The van der Waals surface area contributed by atoms with Crippen LogP contribution < -0.4 is 0 Å². The maximum atomic E-state index is 2.48. The van der Waals surface area contributed by atoms with Gasteiger partial charge in [-0.25, -0.2) is 0 Å². The monoisotopic (exact) mass is 371 g/mol. The van der Waals surface area contributed by atoms with Crippen molar-refractivity contribution in [2.24, 2.45) is 0 Å². The first-order valence-corrected chi connectivity index (χ1v) is 10.3. The lowest BCUT2D eigenvalue weighted by atomic mass is 9.92. The van der Waals surface area contributed by atoms with E-state index in [1.807, 2.05) is 0 Å². The Morgan fingerprint density at radius 1 is 0.621 bits per heavy atom. The van der Waals surface area contributed by atoms with Gasteiger partial charge in [0.25, 0.3) is 0 Å². The average molecular weight is 371 g/mol. The van der Waals surface area contributed by atoms with E-state index in [1.54, 1.807) is 0 Å². The minimum Gasteiger partial charge on any atom is -0.340 e. The first-order chi connectivity index (χ1) is 14.4. The second-order valence-corrected chi connectivity index (χ2v) is 7.66. The summed E-state index contributed by atoms with van der Waals surface area (Å²) in [6.45, 7) is 3.20. The number of hydrogen-bond donors (Lipinski definition) is 0. The first-order valence-electron chi connectivity index (χ1n) is 10.3. The molecule has 0 aliphatic rings. The maximum Gasteiger partial charge on any atom is 0.0577 e. The van der Waals surface area contributed by atoms with E-state index in [0.717, 1.165) is 6.54 Å². The fourth-order valence-electron chi connectivity index (χ4n) is 4.91. The SMILES string of the molecule is CCn1c2ccccc2c2ccc3c(-c4ccccc4)cc4ccccc4c3c21. The van der Waals surface area contributed by atoms with E-state index in [2.05, 4.69) is 109 Å². The van der Waals surface area contributed by atoms with Crippen molar-refractivity contribution in [3.05, 3.63) is 97.1 Å². The molecule has 6 rings (SSSR count). The largest absolute Gasteiger partial charge is 0.340 e. The van der Waals surface area contributed by atoms with Gasteiger partial charge in [0, 0.05) is 28.2 Å². The summed E-state index contributed by atoms with van der Waals surface area (Å²) >= 11 is 0. The van der Waals surface area contributed by atoms with Gasteiger partial charge >= 0.3 is 0 Å². The van der Waals surface area contributed by atoms with Gasteiger partial charge in [-0.3, -0.25) is 0 Å². The highest BCUT2D eigenvalue weighted by molar-refractivity contribution is 6.27. The molecule has 29 heavy (non-hydrogen) atoms. The van der Waals surface area contributed by atoms with Gasteiger partial charge in [-0.2, -0.15) is 0 Å². The standard InChI is InChI=1S/C28H21N/c1-2-29-26-15-9-8-14-22(26)24-17-16-23-25(19-10-4-3-5-11-19)18-20-12-6-7-13-21(20)27(23)28(24)29/h3-18H,2H2,1H3. The van der Waals surface area contributed by atoms with E-state index in [1.165, 1.54) is 54.5 Å². The summed E-state index contributed by atoms with van der Waals surface area (Å²) in [7, 11) is 0. The Morgan fingerprint density at radius 2 is 1.31 bits per heavy atom. The molecule has 0 atom stereocenters. The number of para-hydroxylation sites is 1. The lowest BCUT2D eigenvalue weighted by molar-refractivity contribution is 0.829. The van der Waals surface area contributed by atoms with Crippen LogP contribution >= 0.6 is 0 Å². The molecule has 0 aliphatic carbocycles. The molecule has 138 valence electrons. The van der Waals surface area contributed by atoms with Crippen LogP contribution in [0.3, 0.4) is 0 Å². The molecule has 1 heterocycles. The number of rotatable bonds is 2. The Balaban J connectivity index is 1.92. The van der Waals surface area contributed by atoms with Crippen LogP contribution in [0, 0.1) is 0 Å². The van der Waals surface area contributed by atoms with E-state index in [4.69, 9.17) is 0 Å². The maximum absolute atomic E-state index is 2.48. The van der Waals surface area contributed by atoms with E-state index >= 15 is 0 Å². The predicted octanol–water partition coefficient (Wildman–Crippen LogP) is 7.79. The summed E-state index contributed by atoms with van der Waals surface area (Å²) in [5, 5.41) is 7.97. The Bertz CT molecular complexity index is 1520. The van der Waals surface area contributed by atoms with Gasteiger partial charge in [0.2, 0.25) is 0 Å². The molecule has 0 N–H and O–H groups in total. The quantitative estimate of drug-likeness (QED) is 0.274. The zero-order valence-corrected chi connectivity index (χ0v) is 16.4. The summed E-state index contributed by atoms with van der Waals surface area (Å²) in [6, 6.07) is 35.3. The summed E-state index contributed by atoms with van der Waals surface area (Å²) in [5.74, 6) is 0. The zero-order chi connectivity index (χ0) is 19.4. The third-order valence-electron chi connectivity index (χ3n) is 6.15. The number of fused-ring (bicyclic) bond motifs is 7. The molecule has 6 aromatic rings. The lowest BCUT2D eigenvalue weighted by Gasteiger charge is -2.14. The van der Waals surface area contributed by atoms with Crippen molar-refractivity contribution < 1.29 is 0 Å². The summed E-state index contributed by atoms with van der Waals surface area (Å²) in [4.78, 5) is 0. The smallest absolute Gasteiger partial charge is 0.0577 e. The Kier molecular flexibility index (Phi) is 3.51. The molecule has 5 aromatic carbocycles. The molecule has 0 unspecified atom stereocenters. The minimum absolute atomic E-state index is 0.951. The Labute approximate surface area is 169 Å². The Hall–Kier alpha value is -3.58. The molecule has 1 heteroatoms. The second-order valence-electron chi connectivity index (χ2n) is 7.66. The van der Waals surface area contributed by atoms with Crippen molar-refractivity contribution in [1.29, 1.82) is 0 Å². The molecule has 0 bridgehead atoms.